The summed E-state index contributed by atoms with van der Waals surface area (Å²) in [6.45, 7) is 4.72. The van der Waals surface area contributed by atoms with Gasteiger partial charge in [0.1, 0.15) is 10.4 Å². The molecule has 0 spiro atoms. The van der Waals surface area contributed by atoms with Crippen LogP contribution in [0.1, 0.15) is 40.2 Å². The van der Waals surface area contributed by atoms with Gasteiger partial charge in [-0.1, -0.05) is 6.07 Å². The zero-order valence-corrected chi connectivity index (χ0v) is 21.4. The minimum absolute atomic E-state index is 0.0277. The highest BCUT2D eigenvalue weighted by atomic mass is 32.2. The fraction of sp³-hybridized carbons (Fsp3) is 0.308. The normalized spacial score (nSPS) is 15.6. The molecule has 0 aliphatic carbocycles. The van der Waals surface area contributed by atoms with Crippen LogP contribution in [0, 0.1) is 13.8 Å². The van der Waals surface area contributed by atoms with Crippen molar-refractivity contribution in [1.82, 2.24) is 25.1 Å². The molecule has 5 rings (SSSR count). The summed E-state index contributed by atoms with van der Waals surface area (Å²) in [7, 11) is -3.92. The van der Waals surface area contributed by atoms with Crippen molar-refractivity contribution >= 4 is 32.7 Å². The number of fused-ring (bicyclic) bond motifs is 1. The lowest BCUT2D eigenvalue weighted by Crippen LogP contribution is -2.47. The second kappa shape index (κ2) is 9.56. The zero-order valence-electron chi connectivity index (χ0n) is 20.6. The van der Waals surface area contributed by atoms with E-state index in [2.05, 4.69) is 24.9 Å². The van der Waals surface area contributed by atoms with Crippen molar-refractivity contribution in [3.8, 4) is 0 Å². The number of nitrogens with zero attached hydrogens (tertiary/aromatic N) is 4. The number of H-pyrrole nitrogens is 1. The SMILES string of the molecule is Cc1n[nH]c(C)c1CC1(O)CCN(C(=O)c2ccc(NS(=O)(=O)c3cccc4nccnc34)cc2)CC1. The Bertz CT molecular complexity index is 1530. The molecule has 10 nitrogen and oxygen atoms in total. The van der Waals surface area contributed by atoms with Crippen molar-refractivity contribution in [2.75, 3.05) is 17.8 Å². The van der Waals surface area contributed by atoms with Gasteiger partial charge in [-0.05, 0) is 68.7 Å². The molecule has 11 heteroatoms. The number of aliphatic hydroxyl groups is 1. The van der Waals surface area contributed by atoms with E-state index in [0.717, 1.165) is 17.0 Å². The van der Waals surface area contributed by atoms with Crippen LogP contribution in [0.5, 0.6) is 0 Å². The Labute approximate surface area is 214 Å². The molecule has 1 saturated heterocycles. The molecule has 1 aliphatic rings. The van der Waals surface area contributed by atoms with Crippen molar-refractivity contribution in [2.45, 2.75) is 43.6 Å². The van der Waals surface area contributed by atoms with Crippen LogP contribution in [0.25, 0.3) is 11.0 Å². The highest BCUT2D eigenvalue weighted by Gasteiger charge is 2.35. The fourth-order valence-electron chi connectivity index (χ4n) is 4.72. The van der Waals surface area contributed by atoms with Crippen molar-refractivity contribution in [2.24, 2.45) is 0 Å². The number of carbonyl (C=O) groups excluding carboxylic acids is 1. The van der Waals surface area contributed by atoms with Gasteiger partial charge in [-0.2, -0.15) is 5.10 Å². The highest BCUT2D eigenvalue weighted by Crippen LogP contribution is 2.29. The summed E-state index contributed by atoms with van der Waals surface area (Å²) in [5, 5.41) is 18.3. The number of benzene rings is 2. The molecule has 1 aliphatic heterocycles. The van der Waals surface area contributed by atoms with Gasteiger partial charge in [0, 0.05) is 48.8 Å². The molecule has 3 N–H and O–H groups in total. The quantitative estimate of drug-likeness (QED) is 0.355. The molecule has 0 atom stereocenters. The fourth-order valence-corrected chi connectivity index (χ4v) is 5.95. The molecule has 4 aromatic rings. The molecule has 3 heterocycles. The number of aryl methyl sites for hydroxylation is 2. The molecule has 192 valence electrons. The van der Waals surface area contributed by atoms with E-state index in [-0.39, 0.29) is 16.3 Å². The molecule has 1 fully saturated rings. The van der Waals surface area contributed by atoms with Gasteiger partial charge in [-0.15, -0.1) is 0 Å². The molecule has 2 aromatic carbocycles. The van der Waals surface area contributed by atoms with Crippen LogP contribution in [0.15, 0.2) is 59.8 Å². The monoisotopic (exact) mass is 520 g/mol. The second-order valence-electron chi connectivity index (χ2n) is 9.47. The van der Waals surface area contributed by atoms with Gasteiger partial charge in [0.2, 0.25) is 0 Å². The van der Waals surface area contributed by atoms with E-state index < -0.39 is 15.6 Å². The van der Waals surface area contributed by atoms with Crippen LogP contribution in [0.3, 0.4) is 0 Å². The van der Waals surface area contributed by atoms with Crippen LogP contribution in [0.2, 0.25) is 0 Å². The van der Waals surface area contributed by atoms with E-state index in [1.165, 1.54) is 18.5 Å². The molecule has 0 saturated carbocycles. The number of likely N-dealkylation sites (tertiary alicyclic amines) is 1. The predicted molar refractivity (Wildman–Crippen MR) is 139 cm³/mol. The average molecular weight is 521 g/mol. The number of carbonyl (C=O) groups is 1. The van der Waals surface area contributed by atoms with Gasteiger partial charge in [0.05, 0.1) is 16.8 Å². The lowest BCUT2D eigenvalue weighted by atomic mass is 9.84. The third kappa shape index (κ3) is 5.05. The number of amides is 1. The Morgan fingerprint density at radius 3 is 2.46 bits per heavy atom. The second-order valence-corrected chi connectivity index (χ2v) is 11.1. The van der Waals surface area contributed by atoms with Crippen molar-refractivity contribution < 1.29 is 18.3 Å². The molecule has 0 radical (unpaired) electrons. The lowest BCUT2D eigenvalue weighted by Gasteiger charge is -2.38. The molecule has 0 unspecified atom stereocenters. The number of aromatic nitrogens is 4. The van der Waals surface area contributed by atoms with E-state index in [4.69, 9.17) is 0 Å². The maximum Gasteiger partial charge on any atom is 0.264 e. The summed E-state index contributed by atoms with van der Waals surface area (Å²) in [5.41, 5.74) is 3.52. The minimum Gasteiger partial charge on any atom is -0.389 e. The summed E-state index contributed by atoms with van der Waals surface area (Å²) in [4.78, 5) is 23.1. The third-order valence-corrected chi connectivity index (χ3v) is 8.32. The van der Waals surface area contributed by atoms with Crippen LogP contribution >= 0.6 is 0 Å². The number of hydrogen-bond acceptors (Lipinski definition) is 7. The van der Waals surface area contributed by atoms with Crippen LogP contribution in [-0.2, 0) is 16.4 Å². The first-order valence-corrected chi connectivity index (χ1v) is 13.5. The van der Waals surface area contributed by atoms with Gasteiger partial charge in [-0.3, -0.25) is 24.6 Å². The number of nitrogens with one attached hydrogen (secondary N) is 2. The zero-order chi connectivity index (χ0) is 26.2. The molecule has 37 heavy (non-hydrogen) atoms. The standard InChI is InChI=1S/C26H28N6O4S/c1-17-21(18(2)30-29-17)16-26(34)10-14-32(15-11-26)25(33)19-6-8-20(9-7-19)31-37(35,36)23-5-3-4-22-24(23)28-13-12-27-22/h3-9,12-13,31,34H,10-11,14-16H2,1-2H3,(H,29,30). The highest BCUT2D eigenvalue weighted by molar-refractivity contribution is 7.93. The average Bonchev–Trinajstić information content (AvgIpc) is 3.20. The topological polar surface area (TPSA) is 141 Å². The van der Waals surface area contributed by atoms with E-state index in [9.17, 15) is 18.3 Å². The van der Waals surface area contributed by atoms with E-state index >= 15 is 0 Å². The largest absolute Gasteiger partial charge is 0.389 e. The van der Waals surface area contributed by atoms with E-state index in [1.807, 2.05) is 13.8 Å². The van der Waals surface area contributed by atoms with Crippen LogP contribution < -0.4 is 4.72 Å². The Balaban J connectivity index is 1.24. The lowest BCUT2D eigenvalue weighted by molar-refractivity contribution is -0.0164. The van der Waals surface area contributed by atoms with Crippen LogP contribution in [0.4, 0.5) is 5.69 Å². The first-order chi connectivity index (χ1) is 17.7. The summed E-state index contributed by atoms with van der Waals surface area (Å²) < 4.78 is 28.6. The number of sulfonamides is 1. The van der Waals surface area contributed by atoms with Gasteiger partial charge in [0.15, 0.2) is 0 Å². The van der Waals surface area contributed by atoms with E-state index in [1.54, 1.807) is 41.3 Å². The molecule has 1 amide bonds. The molecule has 0 bridgehead atoms. The molecular weight excluding hydrogens is 492 g/mol. The smallest absolute Gasteiger partial charge is 0.264 e. The van der Waals surface area contributed by atoms with Gasteiger partial charge < -0.3 is 10.0 Å². The number of para-hydroxylation sites is 1. The van der Waals surface area contributed by atoms with Crippen LogP contribution in [-0.4, -0.2) is 63.2 Å². The first-order valence-electron chi connectivity index (χ1n) is 12.0. The van der Waals surface area contributed by atoms with Gasteiger partial charge in [0.25, 0.3) is 15.9 Å². The maximum absolute atomic E-state index is 13.1. The minimum atomic E-state index is -3.92. The van der Waals surface area contributed by atoms with Crippen molar-refractivity contribution in [1.29, 1.82) is 0 Å². The Kier molecular flexibility index (Phi) is 6.42. The predicted octanol–water partition coefficient (Wildman–Crippen LogP) is 2.98. The number of rotatable bonds is 6. The Morgan fingerprint density at radius 2 is 1.78 bits per heavy atom. The number of piperidine rings is 1. The summed E-state index contributed by atoms with van der Waals surface area (Å²) in [6, 6.07) is 11.1. The maximum atomic E-state index is 13.1. The number of anilines is 1. The summed E-state index contributed by atoms with van der Waals surface area (Å²) in [5.74, 6) is -0.156. The summed E-state index contributed by atoms with van der Waals surface area (Å²) >= 11 is 0. The number of hydrogen-bond donors (Lipinski definition) is 3. The van der Waals surface area contributed by atoms with Crippen molar-refractivity contribution in [3.63, 3.8) is 0 Å². The summed E-state index contributed by atoms with van der Waals surface area (Å²) in [6.07, 6.45) is 4.39. The Hall–Kier alpha value is -3.83. The first kappa shape index (κ1) is 24.8. The Morgan fingerprint density at radius 1 is 1.08 bits per heavy atom. The van der Waals surface area contributed by atoms with E-state index in [0.29, 0.717) is 49.1 Å². The third-order valence-electron chi connectivity index (χ3n) is 6.90. The van der Waals surface area contributed by atoms with Gasteiger partial charge >= 0.3 is 0 Å². The van der Waals surface area contributed by atoms with Crippen molar-refractivity contribution in [3.05, 3.63) is 77.4 Å². The van der Waals surface area contributed by atoms with Gasteiger partial charge in [-0.25, -0.2) is 8.42 Å². The molecule has 2 aromatic heterocycles. The molecular formula is C26H28N6O4S. The number of aromatic amines is 1.